The van der Waals surface area contributed by atoms with Gasteiger partial charge in [0.25, 0.3) is 0 Å². The number of aromatic hydroxyl groups is 1. The van der Waals surface area contributed by atoms with Crippen LogP contribution in [0.3, 0.4) is 0 Å². The molecule has 52 heavy (non-hydrogen) atoms. The topological polar surface area (TPSA) is 110 Å². The molecule has 1 N–H and O–H groups in total. The van der Waals surface area contributed by atoms with Crippen LogP contribution in [0.25, 0.3) is 0 Å². The third-order valence-electron chi connectivity index (χ3n) is 10.1. The molecule has 9 heteroatoms. The van der Waals surface area contributed by atoms with Crippen molar-refractivity contribution in [1.29, 1.82) is 0 Å². The van der Waals surface area contributed by atoms with Crippen molar-refractivity contribution in [2.45, 2.75) is 132 Å². The van der Waals surface area contributed by atoms with E-state index >= 15 is 0 Å². The Morgan fingerprint density at radius 2 is 1.12 bits per heavy atom. The average Bonchev–Trinajstić information content (AvgIpc) is 3.05. The Bertz CT molecular complexity index is 1540. The molecule has 0 amide bonds. The van der Waals surface area contributed by atoms with Gasteiger partial charge in [-0.2, -0.15) is 0 Å². The molecule has 0 aromatic heterocycles. The lowest BCUT2D eigenvalue weighted by Gasteiger charge is -2.48. The lowest BCUT2D eigenvalue weighted by atomic mass is 9.83. The zero-order chi connectivity index (χ0) is 38.7. The number of phenols is 1. The summed E-state index contributed by atoms with van der Waals surface area (Å²) in [7, 11) is 0. The number of benzene rings is 2. The van der Waals surface area contributed by atoms with Crippen molar-refractivity contribution in [2.75, 3.05) is 39.6 Å². The van der Waals surface area contributed by atoms with Crippen LogP contribution in [0.4, 0.5) is 0 Å². The summed E-state index contributed by atoms with van der Waals surface area (Å²) in [6, 6.07) is 10.4. The van der Waals surface area contributed by atoms with Crippen molar-refractivity contribution in [3.8, 4) is 5.75 Å². The normalized spacial score (nSPS) is 21.6. The van der Waals surface area contributed by atoms with E-state index in [4.69, 9.17) is 28.4 Å². The molecule has 290 valence electrons. The molecule has 1 spiro atoms. The third-order valence-corrected chi connectivity index (χ3v) is 10.1. The Balaban J connectivity index is 1.18. The van der Waals surface area contributed by atoms with Crippen molar-refractivity contribution in [3.05, 3.63) is 63.7 Å². The highest BCUT2D eigenvalue weighted by Gasteiger charge is 2.48. The first kappa shape index (κ1) is 41.8. The summed E-state index contributed by atoms with van der Waals surface area (Å²) < 4.78 is 36.2. The van der Waals surface area contributed by atoms with Gasteiger partial charge in [-0.05, 0) is 65.3 Å². The molecule has 2 heterocycles. The molecule has 0 saturated carbocycles. The van der Waals surface area contributed by atoms with Gasteiger partial charge >= 0.3 is 11.9 Å². The minimum Gasteiger partial charge on any atom is -0.507 e. The lowest BCUT2D eigenvalue weighted by molar-refractivity contribution is -0.337. The summed E-state index contributed by atoms with van der Waals surface area (Å²) in [5.74, 6) is -0.227. The van der Waals surface area contributed by atoms with Crippen LogP contribution in [0.2, 0.25) is 0 Å². The molecule has 2 aliphatic rings. The molecular weight excluding hydrogens is 660 g/mol. The van der Waals surface area contributed by atoms with E-state index in [1.807, 2.05) is 46.8 Å². The Hall–Kier alpha value is -2.98. The summed E-state index contributed by atoms with van der Waals surface area (Å²) in [5, 5.41) is 10.5. The maximum absolute atomic E-state index is 12.7. The van der Waals surface area contributed by atoms with Gasteiger partial charge in [-0.15, -0.1) is 0 Å². The number of phenolic OH excluding ortho intramolecular Hbond substituents is 1. The van der Waals surface area contributed by atoms with E-state index in [0.717, 1.165) is 22.3 Å². The zero-order valence-electron chi connectivity index (χ0n) is 33.8. The molecule has 0 atom stereocenters. The Morgan fingerprint density at radius 3 is 1.54 bits per heavy atom. The van der Waals surface area contributed by atoms with Gasteiger partial charge in [-0.3, -0.25) is 9.59 Å². The number of rotatable bonds is 12. The fourth-order valence-electron chi connectivity index (χ4n) is 6.57. The second-order valence-electron chi connectivity index (χ2n) is 18.7. The number of ether oxygens (including phenoxy) is 6. The average molecular weight is 725 g/mol. The fourth-order valence-corrected chi connectivity index (χ4v) is 6.57. The van der Waals surface area contributed by atoms with E-state index in [-0.39, 0.29) is 42.4 Å². The molecule has 0 bridgehead atoms. The molecule has 4 rings (SSSR count). The van der Waals surface area contributed by atoms with Gasteiger partial charge in [0.05, 0.1) is 31.8 Å². The van der Waals surface area contributed by atoms with Crippen molar-refractivity contribution >= 4 is 11.9 Å². The number of hydrogen-bond acceptors (Lipinski definition) is 9. The number of esters is 2. The van der Waals surface area contributed by atoms with Gasteiger partial charge in [0, 0.05) is 23.7 Å². The smallest absolute Gasteiger partial charge is 0.306 e. The molecule has 0 radical (unpaired) electrons. The van der Waals surface area contributed by atoms with Crippen molar-refractivity contribution in [1.82, 2.24) is 0 Å². The fraction of sp³-hybridized carbons (Fsp3) is 0.674. The highest BCUT2D eigenvalue weighted by Crippen LogP contribution is 2.39. The summed E-state index contributed by atoms with van der Waals surface area (Å²) >= 11 is 0. The number of carbonyl (C=O) groups excluding carboxylic acids is 2. The molecule has 2 aromatic rings. The molecule has 2 saturated heterocycles. The van der Waals surface area contributed by atoms with Crippen LogP contribution in [0, 0.1) is 30.1 Å². The minimum atomic E-state index is -0.579. The van der Waals surface area contributed by atoms with Crippen molar-refractivity contribution < 1.29 is 43.1 Å². The van der Waals surface area contributed by atoms with Gasteiger partial charge in [0.1, 0.15) is 19.0 Å². The quantitative estimate of drug-likeness (QED) is 0.218. The second-order valence-corrected chi connectivity index (χ2v) is 18.7. The maximum atomic E-state index is 12.7. The summed E-state index contributed by atoms with van der Waals surface area (Å²) in [6.07, 6.45) is 0.584. The third kappa shape index (κ3) is 11.0. The van der Waals surface area contributed by atoms with Gasteiger partial charge in [-0.1, -0.05) is 105 Å². The van der Waals surface area contributed by atoms with E-state index in [0.29, 0.717) is 51.4 Å². The van der Waals surface area contributed by atoms with Crippen LogP contribution >= 0.6 is 0 Å². The molecule has 2 aliphatic heterocycles. The highest BCUT2D eigenvalue weighted by molar-refractivity contribution is 5.70. The first-order valence-corrected chi connectivity index (χ1v) is 18.7. The van der Waals surface area contributed by atoms with Crippen LogP contribution in [0.1, 0.15) is 115 Å². The standard InChI is InChI=1S/C43H64O9/c1-28-17-30(20-32(18-28)39(3,4)5)13-15-34(44)47-22-41(9,10)37-49-24-43(25-50-37)26-51-38(52-27-43)42(11,12)23-48-35(45)16-14-31-19-29(2)36(46)33(21-31)40(6,7)8/h17-21,37-38,46H,13-16,22-27H2,1-12H3. The summed E-state index contributed by atoms with van der Waals surface area (Å²) in [4.78, 5) is 25.5. The minimum absolute atomic E-state index is 0.0445. The van der Waals surface area contributed by atoms with E-state index < -0.39 is 28.8 Å². The van der Waals surface area contributed by atoms with Crippen LogP contribution in [0.5, 0.6) is 5.75 Å². The molecule has 2 fully saturated rings. The van der Waals surface area contributed by atoms with Crippen LogP contribution in [-0.4, -0.2) is 69.3 Å². The van der Waals surface area contributed by atoms with Gasteiger partial charge < -0.3 is 33.5 Å². The van der Waals surface area contributed by atoms with Crippen LogP contribution in [0.15, 0.2) is 30.3 Å². The maximum Gasteiger partial charge on any atom is 0.306 e. The summed E-state index contributed by atoms with van der Waals surface area (Å²) in [6.45, 7) is 26.4. The SMILES string of the molecule is Cc1cc(CCC(=O)OCC(C)(C)C2OCC3(CO2)COC(C(C)(C)COC(=O)CCc2cc(C)c(O)c(C(C)(C)C)c2)OC3)cc(C(C)(C)C)c1. The molecule has 0 aliphatic carbocycles. The molecular formula is C43H64O9. The monoisotopic (exact) mass is 724 g/mol. The van der Waals surface area contributed by atoms with E-state index in [1.165, 1.54) is 11.1 Å². The number of hydrogen-bond donors (Lipinski definition) is 1. The van der Waals surface area contributed by atoms with E-state index in [2.05, 4.69) is 66.7 Å². The highest BCUT2D eigenvalue weighted by atomic mass is 16.7. The predicted octanol–water partition coefficient (Wildman–Crippen LogP) is 8.04. The number of carbonyl (C=O) groups is 2. The Kier molecular flexibility index (Phi) is 13.0. The predicted molar refractivity (Wildman–Crippen MR) is 201 cm³/mol. The first-order valence-electron chi connectivity index (χ1n) is 18.7. The second kappa shape index (κ2) is 16.2. The Morgan fingerprint density at radius 1 is 0.673 bits per heavy atom. The van der Waals surface area contributed by atoms with Crippen molar-refractivity contribution in [3.63, 3.8) is 0 Å². The zero-order valence-corrected chi connectivity index (χ0v) is 33.8. The molecule has 2 aromatic carbocycles. The van der Waals surface area contributed by atoms with Crippen molar-refractivity contribution in [2.24, 2.45) is 16.2 Å². The molecule has 9 nitrogen and oxygen atoms in total. The largest absolute Gasteiger partial charge is 0.507 e. The van der Waals surface area contributed by atoms with Gasteiger partial charge in [0.2, 0.25) is 0 Å². The summed E-state index contributed by atoms with van der Waals surface area (Å²) in [5.41, 5.74) is 4.50. The lowest BCUT2D eigenvalue weighted by Crippen LogP contribution is -2.57. The van der Waals surface area contributed by atoms with Gasteiger partial charge in [0.15, 0.2) is 12.6 Å². The first-order chi connectivity index (χ1) is 24.0. The Labute approximate surface area is 312 Å². The van der Waals surface area contributed by atoms with Gasteiger partial charge in [-0.25, -0.2) is 0 Å². The van der Waals surface area contributed by atoms with E-state index in [9.17, 15) is 14.7 Å². The van der Waals surface area contributed by atoms with Crippen LogP contribution in [-0.2, 0) is 61.7 Å². The molecule has 0 unspecified atom stereocenters. The van der Waals surface area contributed by atoms with E-state index in [1.54, 1.807) is 0 Å². The van der Waals surface area contributed by atoms with Crippen LogP contribution < -0.4 is 0 Å². The number of aryl methyl sites for hydroxylation is 4.